The van der Waals surface area contributed by atoms with Gasteiger partial charge in [-0.1, -0.05) is 13.8 Å². The van der Waals surface area contributed by atoms with Crippen LogP contribution in [0.25, 0.3) is 0 Å². The van der Waals surface area contributed by atoms with Crippen molar-refractivity contribution in [1.82, 2.24) is 5.32 Å². The van der Waals surface area contributed by atoms with Crippen LogP contribution in [-0.4, -0.2) is 30.8 Å². The van der Waals surface area contributed by atoms with E-state index in [-0.39, 0.29) is 23.7 Å². The standard InChI is InChI=1S/C18H23N3O2/c1-12(2)18(23)20-15-5-4-8-21(11-15)17-9-14(10-19)6-7-16(17)13(3)22/h6-7,9,12,15H,4-5,8,11H2,1-3H3,(H,20,23). The van der Waals surface area contributed by atoms with Crippen LogP contribution >= 0.6 is 0 Å². The first-order valence-corrected chi connectivity index (χ1v) is 8.02. The second kappa shape index (κ2) is 7.28. The maximum atomic E-state index is 11.9. The molecule has 0 radical (unpaired) electrons. The molecular weight excluding hydrogens is 290 g/mol. The van der Waals surface area contributed by atoms with Gasteiger partial charge in [0.25, 0.3) is 0 Å². The van der Waals surface area contributed by atoms with Crippen LogP contribution in [0.15, 0.2) is 18.2 Å². The summed E-state index contributed by atoms with van der Waals surface area (Å²) in [5.74, 6) is -0.00711. The van der Waals surface area contributed by atoms with Crippen molar-refractivity contribution in [3.63, 3.8) is 0 Å². The number of nitrogens with one attached hydrogen (secondary N) is 1. The van der Waals surface area contributed by atoms with E-state index in [1.54, 1.807) is 18.2 Å². The second-order valence-electron chi connectivity index (χ2n) is 6.35. The Labute approximate surface area is 137 Å². The summed E-state index contributed by atoms with van der Waals surface area (Å²) >= 11 is 0. The maximum absolute atomic E-state index is 11.9. The molecule has 5 heteroatoms. The van der Waals surface area contributed by atoms with E-state index in [2.05, 4.69) is 16.3 Å². The predicted molar refractivity (Wildman–Crippen MR) is 89.4 cm³/mol. The van der Waals surface area contributed by atoms with E-state index in [0.717, 1.165) is 25.1 Å². The number of nitriles is 1. The summed E-state index contributed by atoms with van der Waals surface area (Å²) in [4.78, 5) is 25.9. The summed E-state index contributed by atoms with van der Waals surface area (Å²) in [5, 5.41) is 12.2. The Morgan fingerprint density at radius 3 is 2.74 bits per heavy atom. The number of benzene rings is 1. The monoisotopic (exact) mass is 313 g/mol. The molecule has 1 saturated heterocycles. The molecule has 2 rings (SSSR count). The van der Waals surface area contributed by atoms with Gasteiger partial charge in [-0.05, 0) is 38.0 Å². The van der Waals surface area contributed by atoms with E-state index in [4.69, 9.17) is 5.26 Å². The van der Waals surface area contributed by atoms with Crippen LogP contribution in [0.5, 0.6) is 0 Å². The molecule has 1 aliphatic heterocycles. The molecule has 1 aromatic carbocycles. The first-order chi connectivity index (χ1) is 10.9. The highest BCUT2D eigenvalue weighted by Gasteiger charge is 2.24. The Morgan fingerprint density at radius 1 is 1.39 bits per heavy atom. The lowest BCUT2D eigenvalue weighted by Gasteiger charge is -2.36. The zero-order valence-electron chi connectivity index (χ0n) is 13.9. The van der Waals surface area contributed by atoms with Crippen LogP contribution in [-0.2, 0) is 4.79 Å². The fourth-order valence-electron chi connectivity index (χ4n) is 2.84. The quantitative estimate of drug-likeness (QED) is 0.867. The SMILES string of the molecule is CC(=O)c1ccc(C#N)cc1N1CCCC(NC(=O)C(C)C)C1. The van der Waals surface area contributed by atoms with Crippen LogP contribution < -0.4 is 10.2 Å². The summed E-state index contributed by atoms with van der Waals surface area (Å²) in [5.41, 5.74) is 1.96. The lowest BCUT2D eigenvalue weighted by molar-refractivity contribution is -0.124. The molecule has 1 aromatic rings. The first-order valence-electron chi connectivity index (χ1n) is 8.02. The summed E-state index contributed by atoms with van der Waals surface area (Å²) in [6.07, 6.45) is 1.87. The van der Waals surface area contributed by atoms with Gasteiger partial charge in [-0.25, -0.2) is 0 Å². The lowest BCUT2D eigenvalue weighted by atomic mass is 10.00. The van der Waals surface area contributed by atoms with Gasteiger partial charge in [-0.15, -0.1) is 0 Å². The first kappa shape index (κ1) is 17.0. The van der Waals surface area contributed by atoms with Crippen molar-refractivity contribution in [2.45, 2.75) is 39.7 Å². The number of rotatable bonds is 4. The number of carbonyl (C=O) groups excluding carboxylic acids is 2. The molecular formula is C18H23N3O2. The number of anilines is 1. The van der Waals surface area contributed by atoms with Crippen molar-refractivity contribution in [1.29, 1.82) is 5.26 Å². The molecule has 0 spiro atoms. The van der Waals surface area contributed by atoms with Crippen molar-refractivity contribution < 1.29 is 9.59 Å². The lowest BCUT2D eigenvalue weighted by Crippen LogP contribution is -2.49. The Morgan fingerprint density at radius 2 is 2.13 bits per heavy atom. The van der Waals surface area contributed by atoms with E-state index in [1.807, 2.05) is 13.8 Å². The van der Waals surface area contributed by atoms with Gasteiger partial charge < -0.3 is 10.2 Å². The Kier molecular flexibility index (Phi) is 5.38. The normalized spacial score (nSPS) is 17.7. The largest absolute Gasteiger partial charge is 0.369 e. The number of amides is 1. The Balaban J connectivity index is 2.22. The molecule has 0 saturated carbocycles. The van der Waals surface area contributed by atoms with Crippen molar-refractivity contribution in [3.05, 3.63) is 29.3 Å². The minimum absolute atomic E-state index is 0.0159. The zero-order chi connectivity index (χ0) is 17.0. The van der Waals surface area contributed by atoms with E-state index in [1.165, 1.54) is 6.92 Å². The fraction of sp³-hybridized carbons (Fsp3) is 0.500. The summed E-state index contributed by atoms with van der Waals surface area (Å²) in [6, 6.07) is 7.35. The molecule has 0 bridgehead atoms. The average molecular weight is 313 g/mol. The molecule has 0 aliphatic carbocycles. The highest BCUT2D eigenvalue weighted by atomic mass is 16.2. The molecule has 23 heavy (non-hydrogen) atoms. The maximum Gasteiger partial charge on any atom is 0.222 e. The van der Waals surface area contributed by atoms with Crippen LogP contribution in [0.2, 0.25) is 0 Å². The molecule has 0 aromatic heterocycles. The van der Waals surface area contributed by atoms with Gasteiger partial charge in [-0.3, -0.25) is 9.59 Å². The van der Waals surface area contributed by atoms with Gasteiger partial charge in [0.15, 0.2) is 5.78 Å². The molecule has 122 valence electrons. The predicted octanol–water partition coefficient (Wildman–Crippen LogP) is 2.50. The minimum Gasteiger partial charge on any atom is -0.369 e. The van der Waals surface area contributed by atoms with Gasteiger partial charge >= 0.3 is 0 Å². The van der Waals surface area contributed by atoms with Crippen molar-refractivity contribution in [3.8, 4) is 6.07 Å². The minimum atomic E-state index is -0.0416. The van der Waals surface area contributed by atoms with Crippen LogP contribution in [0.1, 0.15) is 49.5 Å². The number of ketones is 1. The van der Waals surface area contributed by atoms with Crippen molar-refractivity contribution in [2.24, 2.45) is 5.92 Å². The number of nitrogens with zero attached hydrogens (tertiary/aromatic N) is 2. The Bertz CT molecular complexity index is 646. The van der Waals surface area contributed by atoms with Gasteiger partial charge in [0.2, 0.25) is 5.91 Å². The topological polar surface area (TPSA) is 73.2 Å². The van der Waals surface area contributed by atoms with Crippen LogP contribution in [0, 0.1) is 17.2 Å². The number of piperidine rings is 1. The molecule has 1 heterocycles. The number of hydrogen-bond donors (Lipinski definition) is 1. The third-order valence-electron chi connectivity index (χ3n) is 4.14. The fourth-order valence-corrected chi connectivity index (χ4v) is 2.84. The van der Waals surface area contributed by atoms with Crippen LogP contribution in [0.3, 0.4) is 0 Å². The summed E-state index contributed by atoms with van der Waals surface area (Å²) < 4.78 is 0. The highest BCUT2D eigenvalue weighted by Crippen LogP contribution is 2.26. The molecule has 5 nitrogen and oxygen atoms in total. The third kappa shape index (κ3) is 4.10. The molecule has 1 fully saturated rings. The molecule has 1 amide bonds. The number of carbonyl (C=O) groups is 2. The van der Waals surface area contributed by atoms with Crippen LogP contribution in [0.4, 0.5) is 5.69 Å². The Hall–Kier alpha value is -2.35. The van der Waals surface area contributed by atoms with E-state index >= 15 is 0 Å². The molecule has 1 aliphatic rings. The molecule has 1 unspecified atom stereocenters. The summed E-state index contributed by atoms with van der Waals surface area (Å²) in [6.45, 7) is 6.77. The van der Waals surface area contributed by atoms with Gasteiger partial charge in [0.1, 0.15) is 0 Å². The molecule has 1 N–H and O–H groups in total. The zero-order valence-corrected chi connectivity index (χ0v) is 13.9. The summed E-state index contributed by atoms with van der Waals surface area (Å²) in [7, 11) is 0. The molecule has 1 atom stereocenters. The van der Waals surface area contributed by atoms with E-state index < -0.39 is 0 Å². The second-order valence-corrected chi connectivity index (χ2v) is 6.35. The van der Waals surface area contributed by atoms with E-state index in [9.17, 15) is 9.59 Å². The average Bonchev–Trinajstić information content (AvgIpc) is 2.54. The number of hydrogen-bond acceptors (Lipinski definition) is 4. The van der Waals surface area contributed by atoms with Gasteiger partial charge in [-0.2, -0.15) is 5.26 Å². The number of Topliss-reactive ketones (excluding diaryl/α,β-unsaturated/α-hetero) is 1. The van der Waals surface area contributed by atoms with Crippen molar-refractivity contribution >= 4 is 17.4 Å². The van der Waals surface area contributed by atoms with E-state index in [0.29, 0.717) is 17.7 Å². The third-order valence-corrected chi connectivity index (χ3v) is 4.14. The van der Waals surface area contributed by atoms with Crippen molar-refractivity contribution in [2.75, 3.05) is 18.0 Å². The van der Waals surface area contributed by atoms with Gasteiger partial charge in [0.05, 0.1) is 11.6 Å². The highest BCUT2D eigenvalue weighted by molar-refractivity contribution is 6.00. The smallest absolute Gasteiger partial charge is 0.222 e. The van der Waals surface area contributed by atoms with Gasteiger partial charge in [0, 0.05) is 36.3 Å².